The van der Waals surface area contributed by atoms with Crippen molar-refractivity contribution < 1.29 is 50.7 Å². The first-order valence-electron chi connectivity index (χ1n) is 18.8. The minimum atomic E-state index is -4.32. The van der Waals surface area contributed by atoms with Gasteiger partial charge in [0.2, 0.25) is 10.0 Å². The average Bonchev–Trinajstić information content (AvgIpc) is 4.02. The zero-order valence-electron chi connectivity index (χ0n) is 30.8. The van der Waals surface area contributed by atoms with E-state index < -0.39 is 40.7 Å². The van der Waals surface area contributed by atoms with E-state index in [0.717, 1.165) is 45.2 Å². The fraction of sp³-hybridized carbons (Fsp3) is 0.390. The summed E-state index contributed by atoms with van der Waals surface area (Å²) in [7, 11) is -4.32. The van der Waals surface area contributed by atoms with Gasteiger partial charge in [-0.3, -0.25) is 4.90 Å². The van der Waals surface area contributed by atoms with Crippen LogP contribution in [0.15, 0.2) is 90.1 Å². The Labute approximate surface area is 339 Å². The van der Waals surface area contributed by atoms with Crippen molar-refractivity contribution in [2.24, 2.45) is 11.8 Å². The second-order valence-corrected chi connectivity index (χ2v) is 17.1. The monoisotopic (exact) mass is 844 g/mol. The number of pyridine rings is 1. The van der Waals surface area contributed by atoms with E-state index in [0.29, 0.717) is 41.7 Å². The maximum Gasteiger partial charge on any atom is 0.387 e. The smallest absolute Gasteiger partial charge is 0.387 e. The highest BCUT2D eigenvalue weighted by Crippen LogP contribution is 2.38. The van der Waals surface area contributed by atoms with Gasteiger partial charge < -0.3 is 18.9 Å². The molecule has 2 saturated heterocycles. The lowest BCUT2D eigenvalue weighted by molar-refractivity contribution is -0.377. The van der Waals surface area contributed by atoms with Crippen LogP contribution in [0, 0.1) is 11.8 Å². The molecule has 2 aliphatic heterocycles. The Morgan fingerprint density at radius 3 is 2.33 bits per heavy atom. The quantitative estimate of drug-likeness (QED) is 0.115. The van der Waals surface area contributed by atoms with Crippen molar-refractivity contribution in [1.82, 2.24) is 9.62 Å². The van der Waals surface area contributed by atoms with Crippen LogP contribution in [-0.2, 0) is 30.7 Å². The molecule has 3 unspecified atom stereocenters. The number of halogens is 4. The molecule has 2 N–H and O–H groups in total. The fourth-order valence-electron chi connectivity index (χ4n) is 7.26. The topological polar surface area (TPSA) is 135 Å². The summed E-state index contributed by atoms with van der Waals surface area (Å²) < 4.78 is 79.1. The number of fused-ring (bicyclic) bond motifs is 2. The van der Waals surface area contributed by atoms with E-state index in [-0.39, 0.29) is 44.5 Å². The van der Waals surface area contributed by atoms with Crippen molar-refractivity contribution in [2.45, 2.75) is 68.3 Å². The van der Waals surface area contributed by atoms with Crippen LogP contribution in [0.2, 0.25) is 10.0 Å². The van der Waals surface area contributed by atoms with Crippen LogP contribution in [0.5, 0.6) is 11.5 Å². The average molecular weight is 846 g/mol. The van der Waals surface area contributed by atoms with Gasteiger partial charge in [-0.05, 0) is 98.0 Å². The van der Waals surface area contributed by atoms with E-state index in [1.165, 1.54) is 54.9 Å². The SMILES string of the molecule is O=C(O[C@@H](Cc1c(Cl)c[nH+]cc1Cl)c1ccc(OC(F)F)c(OCC2CC2)c1)c1ccc(S(=O)(=O)NC(C(=O)O[C@@H]2CC3CCCN(C3)C2)c2ccccc2)cc1. The molecule has 5 atom stereocenters. The Balaban J connectivity index is 1.10. The number of carbonyl (C=O) groups excluding carboxylic acids is 2. The lowest BCUT2D eigenvalue weighted by Crippen LogP contribution is -2.49. The first-order valence-corrected chi connectivity index (χ1v) is 21.0. The van der Waals surface area contributed by atoms with Crippen molar-refractivity contribution in [1.29, 1.82) is 0 Å². The third kappa shape index (κ3) is 10.6. The third-order valence-corrected chi connectivity index (χ3v) is 12.5. The molecular weight excluding hydrogens is 803 g/mol. The van der Waals surface area contributed by atoms with E-state index in [1.54, 1.807) is 30.3 Å². The number of rotatable bonds is 16. The molecule has 3 fully saturated rings. The number of hydrogen-bond acceptors (Lipinski definition) is 9. The summed E-state index contributed by atoms with van der Waals surface area (Å²) in [6.45, 7) is -0.265. The van der Waals surface area contributed by atoms with Crippen LogP contribution >= 0.6 is 23.2 Å². The summed E-state index contributed by atoms with van der Waals surface area (Å²) in [5.41, 5.74) is 1.26. The molecule has 1 aliphatic carbocycles. The van der Waals surface area contributed by atoms with Gasteiger partial charge in [0, 0.05) is 25.1 Å². The fourth-order valence-corrected chi connectivity index (χ4v) is 8.96. The van der Waals surface area contributed by atoms with Crippen molar-refractivity contribution in [3.8, 4) is 11.5 Å². The summed E-state index contributed by atoms with van der Waals surface area (Å²) in [6, 6.07) is 16.5. The van der Waals surface area contributed by atoms with Gasteiger partial charge in [-0.15, -0.1) is 0 Å². The molecule has 0 amide bonds. The Morgan fingerprint density at radius 2 is 1.65 bits per heavy atom. The van der Waals surface area contributed by atoms with E-state index in [9.17, 15) is 26.8 Å². The number of sulfonamides is 1. The summed E-state index contributed by atoms with van der Waals surface area (Å²) >= 11 is 12.9. The summed E-state index contributed by atoms with van der Waals surface area (Å²) in [5, 5.41) is 0.537. The molecule has 0 spiro atoms. The molecule has 3 aromatic carbocycles. The van der Waals surface area contributed by atoms with E-state index in [1.807, 2.05) is 0 Å². The molecule has 11 nitrogen and oxygen atoms in total. The predicted octanol–water partition coefficient (Wildman–Crippen LogP) is 7.39. The van der Waals surface area contributed by atoms with Gasteiger partial charge >= 0.3 is 18.6 Å². The van der Waals surface area contributed by atoms with Crippen molar-refractivity contribution in [3.05, 3.63) is 117 Å². The molecule has 1 aromatic heterocycles. The van der Waals surface area contributed by atoms with E-state index in [2.05, 4.69) is 14.6 Å². The Bertz CT molecular complexity index is 2130. The van der Waals surface area contributed by atoms with Crippen LogP contribution < -0.4 is 19.2 Å². The van der Waals surface area contributed by atoms with Crippen molar-refractivity contribution >= 4 is 45.2 Å². The molecule has 3 aliphatic rings. The van der Waals surface area contributed by atoms with Gasteiger partial charge in [-0.1, -0.05) is 59.6 Å². The second kappa shape index (κ2) is 18.1. The molecule has 1 saturated carbocycles. The number of nitrogens with one attached hydrogen (secondary N) is 2. The molecule has 57 heavy (non-hydrogen) atoms. The number of nitrogens with zero attached hydrogens (tertiary/aromatic N) is 1. The van der Waals surface area contributed by atoms with Crippen LogP contribution in [0.1, 0.15) is 71.3 Å². The lowest BCUT2D eigenvalue weighted by atomic mass is 9.88. The number of esters is 2. The summed E-state index contributed by atoms with van der Waals surface area (Å²) in [6.07, 6.45) is 6.44. The first kappa shape index (κ1) is 40.8. The zero-order chi connectivity index (χ0) is 40.1. The maximum absolute atomic E-state index is 13.8. The Hall–Kier alpha value is -4.34. The number of ether oxygens (including phenoxy) is 4. The minimum Gasteiger partial charge on any atom is -0.489 e. The third-order valence-electron chi connectivity index (χ3n) is 10.3. The number of aromatic amines is 1. The normalized spacial score (nSPS) is 20.3. The standard InChI is InChI=1S/C41H41Cl2F2N3O8S/c42-33-20-46-21-34(43)32(33)19-36(29-12-15-35(56-41(44)45)37(18-29)53-24-25-8-9-25)55-39(49)28-10-13-31(14-11-28)57(51,52)47-38(27-6-2-1-3-7-27)40(50)54-30-17-26-5-4-16-48(22-26)23-30/h1-3,6-7,10-15,18,20-21,25-26,30,36,38,41,47H,4-5,8-9,16-17,19,22-24H2/p+1/t26?,30-,36+,38?/m1/s1. The van der Waals surface area contributed by atoms with Crippen LogP contribution in [0.4, 0.5) is 8.78 Å². The van der Waals surface area contributed by atoms with Gasteiger partial charge in [-0.25, -0.2) is 23.0 Å². The number of carbonyl (C=O) groups is 2. The summed E-state index contributed by atoms with van der Waals surface area (Å²) in [5.74, 6) is -0.904. The number of piperidine rings is 2. The van der Waals surface area contributed by atoms with Gasteiger partial charge in [0.15, 0.2) is 23.9 Å². The van der Waals surface area contributed by atoms with Crippen molar-refractivity contribution in [2.75, 3.05) is 26.2 Å². The first-order chi connectivity index (χ1) is 27.4. The highest BCUT2D eigenvalue weighted by Gasteiger charge is 2.36. The number of aromatic nitrogens is 1. The van der Waals surface area contributed by atoms with Gasteiger partial charge in [0.1, 0.15) is 28.3 Å². The molecule has 0 radical (unpaired) electrons. The van der Waals surface area contributed by atoms with Gasteiger partial charge in [0.25, 0.3) is 0 Å². The minimum absolute atomic E-state index is 0.0114. The van der Waals surface area contributed by atoms with Gasteiger partial charge in [-0.2, -0.15) is 13.5 Å². The predicted molar refractivity (Wildman–Crippen MR) is 206 cm³/mol. The largest absolute Gasteiger partial charge is 0.489 e. The van der Waals surface area contributed by atoms with Crippen LogP contribution in [0.25, 0.3) is 0 Å². The number of H-pyrrole nitrogens is 1. The van der Waals surface area contributed by atoms with E-state index >= 15 is 0 Å². The Morgan fingerprint density at radius 1 is 0.912 bits per heavy atom. The van der Waals surface area contributed by atoms with Gasteiger partial charge in [0.05, 0.1) is 17.1 Å². The molecule has 3 heterocycles. The van der Waals surface area contributed by atoms with Crippen molar-refractivity contribution in [3.63, 3.8) is 0 Å². The highest BCUT2D eigenvalue weighted by molar-refractivity contribution is 7.89. The maximum atomic E-state index is 13.8. The molecule has 16 heteroatoms. The second-order valence-electron chi connectivity index (χ2n) is 14.6. The summed E-state index contributed by atoms with van der Waals surface area (Å²) in [4.78, 5) is 32.2. The zero-order valence-corrected chi connectivity index (χ0v) is 33.1. The molecular formula is C41H42Cl2F2N3O8S+. The number of hydrogen-bond donors (Lipinski definition) is 1. The molecule has 302 valence electrons. The Kier molecular flexibility index (Phi) is 12.9. The lowest BCUT2D eigenvalue weighted by Gasteiger charge is -2.41. The molecule has 4 aromatic rings. The molecule has 7 rings (SSSR count). The highest BCUT2D eigenvalue weighted by atomic mass is 35.5. The molecule has 2 bridgehead atoms. The van der Waals surface area contributed by atoms with Crippen LogP contribution in [-0.4, -0.2) is 64.2 Å². The van der Waals surface area contributed by atoms with E-state index in [4.69, 9.17) is 42.1 Å². The number of alkyl halides is 2. The number of benzene rings is 3. The van der Waals surface area contributed by atoms with Crippen LogP contribution in [0.3, 0.4) is 0 Å².